The topological polar surface area (TPSA) is 9.23 Å². The van der Waals surface area contributed by atoms with E-state index in [0.29, 0.717) is 0 Å². The molecule has 0 unspecified atom stereocenters. The molecule has 0 N–H and O–H groups in total. The van der Waals surface area contributed by atoms with E-state index in [2.05, 4.69) is 6.92 Å². The van der Waals surface area contributed by atoms with Crippen molar-refractivity contribution in [3.05, 3.63) is 6.92 Å². The minimum Gasteiger partial charge on any atom is -1.00 e. The first kappa shape index (κ1) is 16.1. The van der Waals surface area contributed by atoms with E-state index >= 15 is 0 Å². The van der Waals surface area contributed by atoms with Crippen LogP contribution >= 0.6 is 0 Å². The Hall–Kier alpha value is 1.21. The summed E-state index contributed by atoms with van der Waals surface area (Å²) in [7, 11) is 0. The molecular formula is C5H11BrMgO. The standard InChI is InChI=1S/C5H11O.BrH.Mg/c1-3-5-6-4-2;;/h1,3-5H2,2H3;1H;/q-1;;+2/p-1. The van der Waals surface area contributed by atoms with Crippen molar-refractivity contribution in [2.75, 3.05) is 13.2 Å². The summed E-state index contributed by atoms with van der Waals surface area (Å²) in [5.74, 6) is 0. The van der Waals surface area contributed by atoms with Crippen LogP contribution in [-0.4, -0.2) is 36.3 Å². The van der Waals surface area contributed by atoms with Crippen LogP contribution in [0.1, 0.15) is 13.3 Å². The van der Waals surface area contributed by atoms with E-state index in [1.165, 1.54) is 0 Å². The fourth-order valence-corrected chi connectivity index (χ4v) is 0.246. The molecule has 0 amide bonds. The van der Waals surface area contributed by atoms with Crippen LogP contribution in [0.15, 0.2) is 0 Å². The summed E-state index contributed by atoms with van der Waals surface area (Å²) in [5.41, 5.74) is 0. The second-order valence-electron chi connectivity index (χ2n) is 1.05. The third kappa shape index (κ3) is 15.7. The molecule has 0 bridgehead atoms. The second-order valence-corrected chi connectivity index (χ2v) is 1.05. The van der Waals surface area contributed by atoms with Gasteiger partial charge in [-0.05, 0) is 6.92 Å². The molecule has 0 aliphatic heterocycles. The normalized spacial score (nSPS) is 6.75. The molecule has 0 spiro atoms. The fourth-order valence-electron chi connectivity index (χ4n) is 0.246. The van der Waals surface area contributed by atoms with Gasteiger partial charge in [0.05, 0.1) is 0 Å². The Labute approximate surface area is 78.1 Å². The third-order valence-corrected chi connectivity index (χ3v) is 0.493. The maximum absolute atomic E-state index is 4.92. The van der Waals surface area contributed by atoms with Gasteiger partial charge in [-0.25, -0.2) is 0 Å². The first-order valence-corrected chi connectivity index (χ1v) is 2.28. The average Bonchev–Trinajstić information content (AvgIpc) is 1.61. The van der Waals surface area contributed by atoms with Crippen molar-refractivity contribution in [3.63, 3.8) is 0 Å². The largest absolute Gasteiger partial charge is 2.00 e. The molecule has 0 saturated heterocycles. The number of hydrogen-bond donors (Lipinski definition) is 0. The van der Waals surface area contributed by atoms with Crippen LogP contribution in [0.25, 0.3) is 0 Å². The van der Waals surface area contributed by atoms with Gasteiger partial charge in [-0.2, -0.15) is 6.42 Å². The Kier molecular flexibility index (Phi) is 31.6. The zero-order valence-electron chi connectivity index (χ0n) is 5.32. The molecule has 0 radical (unpaired) electrons. The van der Waals surface area contributed by atoms with Crippen LogP contribution in [0, 0.1) is 6.92 Å². The number of hydrogen-bond acceptors (Lipinski definition) is 1. The first-order valence-electron chi connectivity index (χ1n) is 2.28. The van der Waals surface area contributed by atoms with E-state index in [1.54, 1.807) is 0 Å². The molecular weight excluding hydrogens is 180 g/mol. The van der Waals surface area contributed by atoms with Gasteiger partial charge in [0.15, 0.2) is 0 Å². The van der Waals surface area contributed by atoms with Crippen LogP contribution in [0.5, 0.6) is 0 Å². The Bertz CT molecular complexity index is 24.4. The number of halogens is 1. The molecule has 3 heteroatoms. The molecule has 0 aromatic heterocycles. The van der Waals surface area contributed by atoms with Gasteiger partial charge < -0.3 is 28.6 Å². The minimum absolute atomic E-state index is 0. The summed E-state index contributed by atoms with van der Waals surface area (Å²) in [6.07, 6.45) is 0.883. The van der Waals surface area contributed by atoms with Crippen molar-refractivity contribution < 1.29 is 21.7 Å². The average molecular weight is 191 g/mol. The second kappa shape index (κ2) is 15.7. The van der Waals surface area contributed by atoms with Gasteiger partial charge in [0.2, 0.25) is 0 Å². The summed E-state index contributed by atoms with van der Waals surface area (Å²) >= 11 is 0. The van der Waals surface area contributed by atoms with Crippen molar-refractivity contribution in [2.45, 2.75) is 13.3 Å². The fraction of sp³-hybridized carbons (Fsp3) is 0.800. The van der Waals surface area contributed by atoms with Gasteiger partial charge in [-0.3, -0.25) is 0 Å². The molecule has 0 saturated carbocycles. The molecule has 0 aliphatic rings. The van der Waals surface area contributed by atoms with Gasteiger partial charge in [-0.15, -0.1) is 0 Å². The summed E-state index contributed by atoms with van der Waals surface area (Å²) in [6, 6.07) is 0. The molecule has 8 heavy (non-hydrogen) atoms. The van der Waals surface area contributed by atoms with Crippen molar-refractivity contribution in [2.24, 2.45) is 0 Å². The van der Waals surface area contributed by atoms with Gasteiger partial charge in [-0.1, -0.05) is 0 Å². The molecule has 0 rings (SSSR count). The van der Waals surface area contributed by atoms with Crippen LogP contribution < -0.4 is 17.0 Å². The summed E-state index contributed by atoms with van der Waals surface area (Å²) in [5, 5.41) is 0. The molecule has 0 aromatic carbocycles. The van der Waals surface area contributed by atoms with Gasteiger partial charge in [0.1, 0.15) is 0 Å². The molecule has 0 atom stereocenters. The van der Waals surface area contributed by atoms with Gasteiger partial charge in [0.25, 0.3) is 0 Å². The van der Waals surface area contributed by atoms with E-state index in [4.69, 9.17) is 4.74 Å². The summed E-state index contributed by atoms with van der Waals surface area (Å²) in [4.78, 5) is 0. The Morgan fingerprint density at radius 2 is 2.00 bits per heavy atom. The van der Waals surface area contributed by atoms with E-state index in [9.17, 15) is 0 Å². The number of rotatable bonds is 3. The molecule has 1 nitrogen and oxygen atoms in total. The number of ether oxygens (including phenoxy) is 1. The summed E-state index contributed by atoms with van der Waals surface area (Å²) in [6.45, 7) is 7.20. The van der Waals surface area contributed by atoms with Crippen LogP contribution in [0.4, 0.5) is 0 Å². The zero-order chi connectivity index (χ0) is 4.83. The Morgan fingerprint density at radius 3 is 2.12 bits per heavy atom. The molecule has 0 aromatic rings. The van der Waals surface area contributed by atoms with Crippen molar-refractivity contribution >= 4 is 23.1 Å². The maximum atomic E-state index is 4.92. The monoisotopic (exact) mass is 190 g/mol. The smallest absolute Gasteiger partial charge is 1.00 e. The minimum atomic E-state index is 0. The molecule has 0 fully saturated rings. The van der Waals surface area contributed by atoms with Crippen molar-refractivity contribution in [1.82, 2.24) is 0 Å². The van der Waals surface area contributed by atoms with E-state index in [0.717, 1.165) is 19.6 Å². The zero-order valence-corrected chi connectivity index (χ0v) is 8.32. The summed E-state index contributed by atoms with van der Waals surface area (Å²) < 4.78 is 4.92. The van der Waals surface area contributed by atoms with Crippen LogP contribution in [-0.2, 0) is 4.74 Å². The predicted octanol–water partition coefficient (Wildman–Crippen LogP) is -2.13. The van der Waals surface area contributed by atoms with Crippen molar-refractivity contribution in [3.8, 4) is 0 Å². The van der Waals surface area contributed by atoms with E-state index < -0.39 is 0 Å². The quantitative estimate of drug-likeness (QED) is 0.281. The molecule has 46 valence electrons. The van der Waals surface area contributed by atoms with Gasteiger partial charge in [0, 0.05) is 13.2 Å². The SMILES string of the molecule is [Br-].[CH2-]CCOCC.[Mg+2]. The Balaban J connectivity index is -0.000000125. The first-order chi connectivity index (χ1) is 2.91. The van der Waals surface area contributed by atoms with Crippen LogP contribution in [0.2, 0.25) is 0 Å². The van der Waals surface area contributed by atoms with Crippen LogP contribution in [0.3, 0.4) is 0 Å². The third-order valence-electron chi connectivity index (χ3n) is 0.493. The van der Waals surface area contributed by atoms with E-state index in [1.807, 2.05) is 6.92 Å². The van der Waals surface area contributed by atoms with E-state index in [-0.39, 0.29) is 40.0 Å². The predicted molar refractivity (Wildman–Crippen MR) is 32.2 cm³/mol. The Morgan fingerprint density at radius 1 is 1.50 bits per heavy atom. The molecule has 0 aliphatic carbocycles. The van der Waals surface area contributed by atoms with Crippen molar-refractivity contribution in [1.29, 1.82) is 0 Å². The van der Waals surface area contributed by atoms with Gasteiger partial charge >= 0.3 is 23.1 Å². The maximum Gasteiger partial charge on any atom is 2.00 e. The molecule has 0 heterocycles.